The average Bonchev–Trinajstić information content (AvgIpc) is 2.70. The van der Waals surface area contributed by atoms with Gasteiger partial charge in [-0.2, -0.15) is 0 Å². The molecule has 2 atom stereocenters. The Balaban J connectivity index is 1.81. The van der Waals surface area contributed by atoms with E-state index in [2.05, 4.69) is 30.9 Å². The molecular weight excluding hydrogens is 246 g/mol. The summed E-state index contributed by atoms with van der Waals surface area (Å²) in [7, 11) is 0. The number of hydrogen-bond donors (Lipinski definition) is 1. The molecule has 1 heterocycles. The van der Waals surface area contributed by atoms with E-state index >= 15 is 0 Å². The van der Waals surface area contributed by atoms with Gasteiger partial charge in [-0.15, -0.1) is 0 Å². The normalized spacial score (nSPS) is 22.4. The van der Waals surface area contributed by atoms with E-state index < -0.39 is 0 Å². The minimum atomic E-state index is -0.318. The molecule has 2 rings (SSSR count). The minimum Gasteiger partial charge on any atom is -0.388 e. The second-order valence-electron chi connectivity index (χ2n) is 6.21. The van der Waals surface area contributed by atoms with Crippen LogP contribution in [0.1, 0.15) is 56.3 Å². The molecule has 20 heavy (non-hydrogen) atoms. The van der Waals surface area contributed by atoms with Gasteiger partial charge in [0.1, 0.15) is 0 Å². The van der Waals surface area contributed by atoms with E-state index in [4.69, 9.17) is 0 Å². The third-order valence-corrected chi connectivity index (χ3v) is 4.78. The highest BCUT2D eigenvalue weighted by molar-refractivity contribution is 5.27. The van der Waals surface area contributed by atoms with Crippen LogP contribution in [0.3, 0.4) is 0 Å². The molecule has 2 nitrogen and oxygen atoms in total. The molecule has 1 aromatic rings. The number of likely N-dealkylation sites (tertiary alicyclic amines) is 1. The number of aryl methyl sites for hydroxylation is 1. The number of aliphatic hydroxyl groups excluding tert-OH is 1. The van der Waals surface area contributed by atoms with Gasteiger partial charge in [0.2, 0.25) is 0 Å². The number of hydrogen-bond acceptors (Lipinski definition) is 2. The summed E-state index contributed by atoms with van der Waals surface area (Å²) in [5, 5.41) is 10.4. The van der Waals surface area contributed by atoms with Gasteiger partial charge < -0.3 is 10.0 Å². The smallest absolute Gasteiger partial charge is 0.0804 e. The maximum atomic E-state index is 10.4. The standard InChI is InChI=1S/C18H29NO/c1-3-16-8-6-12-19(13-10-16)14-11-18(20)17-9-5-4-7-15(17)2/h4-5,7,9,16,18,20H,3,6,8,10-14H2,1-2H3. The lowest BCUT2D eigenvalue weighted by molar-refractivity contribution is 0.142. The Hall–Kier alpha value is -0.860. The molecule has 0 saturated carbocycles. The fraction of sp³-hybridized carbons (Fsp3) is 0.667. The van der Waals surface area contributed by atoms with Crippen molar-refractivity contribution >= 4 is 0 Å². The summed E-state index contributed by atoms with van der Waals surface area (Å²) in [4.78, 5) is 2.54. The van der Waals surface area contributed by atoms with Crippen molar-refractivity contribution in [2.75, 3.05) is 19.6 Å². The molecule has 1 N–H and O–H groups in total. The van der Waals surface area contributed by atoms with Crippen LogP contribution in [0.25, 0.3) is 0 Å². The van der Waals surface area contributed by atoms with Gasteiger partial charge in [-0.1, -0.05) is 37.6 Å². The van der Waals surface area contributed by atoms with Crippen LogP contribution >= 0.6 is 0 Å². The van der Waals surface area contributed by atoms with Gasteiger partial charge >= 0.3 is 0 Å². The Morgan fingerprint density at radius 3 is 2.80 bits per heavy atom. The summed E-state index contributed by atoms with van der Waals surface area (Å²) in [5.41, 5.74) is 2.29. The van der Waals surface area contributed by atoms with E-state index in [1.165, 1.54) is 44.3 Å². The van der Waals surface area contributed by atoms with Crippen molar-refractivity contribution in [1.29, 1.82) is 0 Å². The second-order valence-corrected chi connectivity index (χ2v) is 6.21. The van der Waals surface area contributed by atoms with E-state index in [0.29, 0.717) is 0 Å². The molecule has 0 aliphatic carbocycles. The predicted octanol–water partition coefficient (Wildman–Crippen LogP) is 3.93. The highest BCUT2D eigenvalue weighted by atomic mass is 16.3. The van der Waals surface area contributed by atoms with Crippen LogP contribution in [0, 0.1) is 12.8 Å². The van der Waals surface area contributed by atoms with Gasteiger partial charge in [-0.05, 0) is 62.7 Å². The van der Waals surface area contributed by atoms with Crippen LogP contribution in [0.4, 0.5) is 0 Å². The topological polar surface area (TPSA) is 23.5 Å². The lowest BCUT2D eigenvalue weighted by Gasteiger charge is -2.22. The number of aliphatic hydroxyl groups is 1. The first kappa shape index (κ1) is 15.5. The highest BCUT2D eigenvalue weighted by Gasteiger charge is 2.17. The second kappa shape index (κ2) is 7.80. The maximum Gasteiger partial charge on any atom is 0.0804 e. The zero-order valence-electron chi connectivity index (χ0n) is 13.0. The Morgan fingerprint density at radius 2 is 2.05 bits per heavy atom. The molecule has 0 bridgehead atoms. The Morgan fingerprint density at radius 1 is 1.25 bits per heavy atom. The lowest BCUT2D eigenvalue weighted by atomic mass is 9.98. The van der Waals surface area contributed by atoms with Crippen LogP contribution < -0.4 is 0 Å². The van der Waals surface area contributed by atoms with E-state index in [-0.39, 0.29) is 6.10 Å². The first-order valence-corrected chi connectivity index (χ1v) is 8.16. The van der Waals surface area contributed by atoms with Crippen LogP contribution in [-0.2, 0) is 0 Å². The van der Waals surface area contributed by atoms with Crippen molar-refractivity contribution in [3.05, 3.63) is 35.4 Å². The van der Waals surface area contributed by atoms with Crippen LogP contribution in [0.5, 0.6) is 0 Å². The summed E-state index contributed by atoms with van der Waals surface area (Å²) in [6.45, 7) is 7.82. The lowest BCUT2D eigenvalue weighted by Crippen LogP contribution is -2.27. The van der Waals surface area contributed by atoms with E-state index in [9.17, 15) is 5.11 Å². The minimum absolute atomic E-state index is 0.318. The van der Waals surface area contributed by atoms with Crippen molar-refractivity contribution in [1.82, 2.24) is 4.90 Å². The first-order valence-electron chi connectivity index (χ1n) is 8.16. The molecule has 1 aliphatic rings. The van der Waals surface area contributed by atoms with Crippen LogP contribution in [0.15, 0.2) is 24.3 Å². The third kappa shape index (κ3) is 4.32. The fourth-order valence-electron chi connectivity index (χ4n) is 3.28. The number of benzene rings is 1. The molecule has 1 aromatic carbocycles. The zero-order chi connectivity index (χ0) is 14.4. The molecule has 112 valence electrons. The third-order valence-electron chi connectivity index (χ3n) is 4.78. The molecule has 1 aliphatic heterocycles. The molecule has 0 radical (unpaired) electrons. The van der Waals surface area contributed by atoms with Crippen LogP contribution in [0.2, 0.25) is 0 Å². The number of nitrogens with zero attached hydrogens (tertiary/aromatic N) is 1. The maximum absolute atomic E-state index is 10.4. The van der Waals surface area contributed by atoms with Gasteiger partial charge in [0.15, 0.2) is 0 Å². The SMILES string of the molecule is CCC1CCCN(CCC(O)c2ccccc2C)CC1. The van der Waals surface area contributed by atoms with E-state index in [1.807, 2.05) is 12.1 Å². The Kier molecular flexibility index (Phi) is 6.06. The van der Waals surface area contributed by atoms with Crippen molar-refractivity contribution < 1.29 is 5.11 Å². The fourth-order valence-corrected chi connectivity index (χ4v) is 3.28. The summed E-state index contributed by atoms with van der Waals surface area (Å²) in [5.74, 6) is 0.918. The first-order chi connectivity index (χ1) is 9.70. The zero-order valence-corrected chi connectivity index (χ0v) is 13.0. The largest absolute Gasteiger partial charge is 0.388 e. The quantitative estimate of drug-likeness (QED) is 0.880. The Bertz CT molecular complexity index is 404. The van der Waals surface area contributed by atoms with E-state index in [1.54, 1.807) is 0 Å². The average molecular weight is 275 g/mol. The molecule has 1 fully saturated rings. The van der Waals surface area contributed by atoms with E-state index in [0.717, 1.165) is 24.4 Å². The van der Waals surface area contributed by atoms with Gasteiger partial charge in [0.05, 0.1) is 6.10 Å². The predicted molar refractivity (Wildman–Crippen MR) is 84.8 cm³/mol. The number of rotatable bonds is 5. The molecule has 2 unspecified atom stereocenters. The molecule has 0 aromatic heterocycles. The van der Waals surface area contributed by atoms with Crippen LogP contribution in [-0.4, -0.2) is 29.6 Å². The monoisotopic (exact) mass is 275 g/mol. The van der Waals surface area contributed by atoms with Crippen molar-refractivity contribution in [2.24, 2.45) is 5.92 Å². The molecular formula is C18H29NO. The van der Waals surface area contributed by atoms with Crippen molar-refractivity contribution in [3.8, 4) is 0 Å². The summed E-state index contributed by atoms with van der Waals surface area (Å²) in [6.07, 6.45) is 5.88. The molecule has 2 heteroatoms. The van der Waals surface area contributed by atoms with Gasteiger partial charge in [-0.3, -0.25) is 0 Å². The summed E-state index contributed by atoms with van der Waals surface area (Å²) in [6, 6.07) is 8.18. The molecule has 1 saturated heterocycles. The molecule has 0 amide bonds. The molecule has 0 spiro atoms. The van der Waals surface area contributed by atoms with Gasteiger partial charge in [0, 0.05) is 6.54 Å². The van der Waals surface area contributed by atoms with Gasteiger partial charge in [0.25, 0.3) is 0 Å². The van der Waals surface area contributed by atoms with Crippen molar-refractivity contribution in [3.63, 3.8) is 0 Å². The summed E-state index contributed by atoms with van der Waals surface area (Å²) >= 11 is 0. The van der Waals surface area contributed by atoms with Crippen molar-refractivity contribution in [2.45, 2.75) is 52.1 Å². The Labute approximate surface area is 123 Å². The van der Waals surface area contributed by atoms with Gasteiger partial charge in [-0.25, -0.2) is 0 Å². The summed E-state index contributed by atoms with van der Waals surface area (Å²) < 4.78 is 0. The highest BCUT2D eigenvalue weighted by Crippen LogP contribution is 2.23.